The predicted molar refractivity (Wildman–Crippen MR) is 134 cm³/mol. The van der Waals surface area contributed by atoms with E-state index < -0.39 is 28.3 Å². The Kier molecular flexibility index (Phi) is 7.05. The molecule has 4 rings (SSSR count). The van der Waals surface area contributed by atoms with E-state index in [0.29, 0.717) is 4.90 Å². The number of benzene rings is 3. The van der Waals surface area contributed by atoms with Gasteiger partial charge in [-0.05, 0) is 36.8 Å². The molecule has 1 heterocycles. The molecule has 0 radical (unpaired) electrons. The maximum atomic E-state index is 13.2. The number of hydrogen-bond acceptors (Lipinski definition) is 6. The van der Waals surface area contributed by atoms with Crippen LogP contribution in [0.15, 0.2) is 66.2 Å². The lowest BCUT2D eigenvalue weighted by atomic mass is 10.1. The Morgan fingerprint density at radius 3 is 2.47 bits per heavy atom. The minimum atomic E-state index is -1.04. The molecule has 1 N–H and O–H groups in total. The second-order valence-corrected chi connectivity index (χ2v) is 8.66. The van der Waals surface area contributed by atoms with Crippen LogP contribution in [-0.2, 0) is 16.2 Å². The second-order valence-electron chi connectivity index (χ2n) is 7.82. The minimum Gasteiger partial charge on any atom is -0.487 e. The summed E-state index contributed by atoms with van der Waals surface area (Å²) in [5.41, 5.74) is 1.35. The molecule has 0 saturated carbocycles. The van der Waals surface area contributed by atoms with E-state index in [1.165, 1.54) is 36.4 Å². The SMILES string of the molecule is Cc1ccc(COc2c(Cl)cc(Cl)cc2/C=C2\C(=O)NC(=O)N(c3cccc([N+](=O)[O-])c3)C2=O)cc1. The molecule has 4 amide bonds. The number of nitrogens with zero attached hydrogens (tertiary/aromatic N) is 2. The summed E-state index contributed by atoms with van der Waals surface area (Å²) in [6.07, 6.45) is 1.21. The van der Waals surface area contributed by atoms with Crippen molar-refractivity contribution < 1.29 is 24.0 Å². The van der Waals surface area contributed by atoms with Gasteiger partial charge in [-0.25, -0.2) is 9.69 Å². The number of imide groups is 2. The summed E-state index contributed by atoms with van der Waals surface area (Å²) in [5.74, 6) is -1.76. The van der Waals surface area contributed by atoms with E-state index in [9.17, 15) is 24.5 Å². The van der Waals surface area contributed by atoms with Gasteiger partial charge in [0.25, 0.3) is 17.5 Å². The molecule has 0 unspecified atom stereocenters. The molecule has 1 aliphatic heterocycles. The number of anilines is 1. The van der Waals surface area contributed by atoms with Crippen LogP contribution in [0.25, 0.3) is 6.08 Å². The number of non-ortho nitro benzene ring substituents is 1. The lowest BCUT2D eigenvalue weighted by molar-refractivity contribution is -0.384. The number of amides is 4. The highest BCUT2D eigenvalue weighted by atomic mass is 35.5. The van der Waals surface area contributed by atoms with Crippen molar-refractivity contribution in [3.05, 3.63) is 103 Å². The molecule has 1 aliphatic rings. The lowest BCUT2D eigenvalue weighted by Gasteiger charge is -2.26. The monoisotopic (exact) mass is 525 g/mol. The van der Waals surface area contributed by atoms with Crippen molar-refractivity contribution in [1.29, 1.82) is 0 Å². The van der Waals surface area contributed by atoms with Crippen molar-refractivity contribution in [3.63, 3.8) is 0 Å². The Bertz CT molecular complexity index is 1440. The largest absolute Gasteiger partial charge is 0.487 e. The first-order valence-corrected chi connectivity index (χ1v) is 11.2. The summed E-state index contributed by atoms with van der Waals surface area (Å²) in [4.78, 5) is 49.4. The van der Waals surface area contributed by atoms with Gasteiger partial charge in [-0.2, -0.15) is 0 Å². The standard InChI is InChI=1S/C25H17Cl2N3O6/c1-14-5-7-15(8-6-14)13-36-22-16(9-17(26)11-21(22)27)10-20-23(31)28-25(33)29(24(20)32)18-3-2-4-19(12-18)30(34)35/h2-12H,13H2,1H3,(H,28,31,33)/b20-10+. The summed E-state index contributed by atoms with van der Waals surface area (Å²) in [5, 5.41) is 13.6. The Hall–Kier alpha value is -4.21. The number of barbiturate groups is 1. The zero-order valence-electron chi connectivity index (χ0n) is 18.7. The first-order valence-electron chi connectivity index (χ1n) is 10.5. The summed E-state index contributed by atoms with van der Waals surface area (Å²) < 4.78 is 5.90. The normalized spacial score (nSPS) is 14.7. The van der Waals surface area contributed by atoms with Gasteiger partial charge in [0.1, 0.15) is 17.9 Å². The fraction of sp³-hybridized carbons (Fsp3) is 0.0800. The third-order valence-electron chi connectivity index (χ3n) is 5.24. The Morgan fingerprint density at radius 1 is 1.06 bits per heavy atom. The van der Waals surface area contributed by atoms with Gasteiger partial charge in [0.05, 0.1) is 15.6 Å². The van der Waals surface area contributed by atoms with E-state index in [2.05, 4.69) is 5.32 Å². The van der Waals surface area contributed by atoms with E-state index in [4.69, 9.17) is 27.9 Å². The zero-order valence-corrected chi connectivity index (χ0v) is 20.2. The number of halogens is 2. The molecule has 9 nitrogen and oxygen atoms in total. The number of aryl methyl sites for hydroxylation is 1. The fourth-order valence-corrected chi connectivity index (χ4v) is 4.04. The van der Waals surface area contributed by atoms with E-state index in [-0.39, 0.29) is 39.3 Å². The van der Waals surface area contributed by atoms with Crippen LogP contribution >= 0.6 is 23.2 Å². The molecule has 0 spiro atoms. The number of nitro groups is 1. The molecular weight excluding hydrogens is 509 g/mol. The molecule has 0 atom stereocenters. The summed E-state index contributed by atoms with van der Waals surface area (Å²) >= 11 is 12.5. The molecular formula is C25H17Cl2N3O6. The van der Waals surface area contributed by atoms with Crippen LogP contribution in [0, 0.1) is 17.0 Å². The van der Waals surface area contributed by atoms with Crippen molar-refractivity contribution in [2.45, 2.75) is 13.5 Å². The highest BCUT2D eigenvalue weighted by Crippen LogP contribution is 2.35. The Morgan fingerprint density at radius 2 is 1.78 bits per heavy atom. The Labute approximate surface area is 215 Å². The van der Waals surface area contributed by atoms with Gasteiger partial charge in [0.15, 0.2) is 0 Å². The topological polar surface area (TPSA) is 119 Å². The number of urea groups is 1. The first kappa shape index (κ1) is 24.9. The fourth-order valence-electron chi connectivity index (χ4n) is 3.47. The van der Waals surface area contributed by atoms with Crippen LogP contribution in [-0.4, -0.2) is 22.8 Å². The van der Waals surface area contributed by atoms with Gasteiger partial charge in [0.2, 0.25) is 0 Å². The third kappa shape index (κ3) is 5.22. The maximum absolute atomic E-state index is 13.2. The summed E-state index contributed by atoms with van der Waals surface area (Å²) in [6, 6.07) is 14.4. The molecule has 0 bridgehead atoms. The molecule has 1 saturated heterocycles. The highest BCUT2D eigenvalue weighted by Gasteiger charge is 2.37. The molecule has 182 valence electrons. The number of nitro benzene ring substituents is 1. The zero-order chi connectivity index (χ0) is 26.0. The number of carbonyl (C=O) groups is 3. The van der Waals surface area contributed by atoms with Crippen molar-refractivity contribution in [2.24, 2.45) is 0 Å². The molecule has 0 aliphatic carbocycles. The first-order chi connectivity index (χ1) is 17.1. The van der Waals surface area contributed by atoms with Crippen LogP contribution in [0.2, 0.25) is 10.0 Å². The number of rotatable bonds is 6. The van der Waals surface area contributed by atoms with Crippen molar-refractivity contribution in [3.8, 4) is 5.75 Å². The minimum absolute atomic E-state index is 0.0786. The van der Waals surface area contributed by atoms with Gasteiger partial charge >= 0.3 is 6.03 Å². The summed E-state index contributed by atoms with van der Waals surface area (Å²) in [7, 11) is 0. The van der Waals surface area contributed by atoms with Crippen LogP contribution in [0.5, 0.6) is 5.75 Å². The lowest BCUT2D eigenvalue weighted by Crippen LogP contribution is -2.54. The van der Waals surface area contributed by atoms with Crippen LogP contribution in [0.4, 0.5) is 16.2 Å². The third-order valence-corrected chi connectivity index (χ3v) is 5.74. The maximum Gasteiger partial charge on any atom is 0.335 e. The Balaban J connectivity index is 1.72. The van der Waals surface area contributed by atoms with Crippen molar-refractivity contribution >= 4 is 58.5 Å². The molecule has 1 fully saturated rings. The highest BCUT2D eigenvalue weighted by molar-refractivity contribution is 6.40. The number of nitrogens with one attached hydrogen (secondary N) is 1. The van der Waals surface area contributed by atoms with Gasteiger partial charge in [-0.3, -0.25) is 25.0 Å². The molecule has 11 heteroatoms. The van der Waals surface area contributed by atoms with Gasteiger partial charge in [-0.1, -0.05) is 59.1 Å². The second kappa shape index (κ2) is 10.2. The van der Waals surface area contributed by atoms with E-state index in [1.807, 2.05) is 31.2 Å². The quantitative estimate of drug-likeness (QED) is 0.197. The van der Waals surface area contributed by atoms with Crippen LogP contribution in [0.1, 0.15) is 16.7 Å². The van der Waals surface area contributed by atoms with E-state index >= 15 is 0 Å². The molecule has 3 aromatic carbocycles. The van der Waals surface area contributed by atoms with E-state index in [1.54, 1.807) is 0 Å². The average molecular weight is 526 g/mol. The predicted octanol–water partition coefficient (Wildman–Crippen LogP) is 5.46. The van der Waals surface area contributed by atoms with Crippen molar-refractivity contribution in [2.75, 3.05) is 4.90 Å². The summed E-state index contributed by atoms with van der Waals surface area (Å²) in [6.45, 7) is 2.11. The van der Waals surface area contributed by atoms with Gasteiger partial charge < -0.3 is 4.74 Å². The van der Waals surface area contributed by atoms with Crippen LogP contribution in [0.3, 0.4) is 0 Å². The molecule has 36 heavy (non-hydrogen) atoms. The van der Waals surface area contributed by atoms with Crippen LogP contribution < -0.4 is 15.0 Å². The average Bonchev–Trinajstić information content (AvgIpc) is 2.82. The van der Waals surface area contributed by atoms with Gasteiger partial charge in [0, 0.05) is 22.7 Å². The number of hydrogen-bond donors (Lipinski definition) is 1. The van der Waals surface area contributed by atoms with Gasteiger partial charge in [-0.15, -0.1) is 0 Å². The van der Waals surface area contributed by atoms with Crippen molar-refractivity contribution in [1.82, 2.24) is 5.32 Å². The van der Waals surface area contributed by atoms with E-state index in [0.717, 1.165) is 17.2 Å². The molecule has 0 aromatic heterocycles. The smallest absolute Gasteiger partial charge is 0.335 e. The number of carbonyl (C=O) groups excluding carboxylic acids is 3. The molecule has 3 aromatic rings. The number of ether oxygens (including phenoxy) is 1.